The minimum absolute atomic E-state index is 0.222. The molecule has 0 bridgehead atoms. The van der Waals surface area contributed by atoms with Crippen LogP contribution < -0.4 is 14.8 Å². The fraction of sp³-hybridized carbons (Fsp3) is 0.368. The van der Waals surface area contributed by atoms with E-state index in [9.17, 15) is 4.79 Å². The van der Waals surface area contributed by atoms with Gasteiger partial charge in [-0.15, -0.1) is 0 Å². The van der Waals surface area contributed by atoms with E-state index in [1.165, 1.54) is 0 Å². The molecule has 0 radical (unpaired) electrons. The van der Waals surface area contributed by atoms with E-state index in [4.69, 9.17) is 21.1 Å². The Hall–Kier alpha value is -2.27. The summed E-state index contributed by atoms with van der Waals surface area (Å²) in [4.78, 5) is 16.4. The molecule has 0 aliphatic rings. The molecule has 1 aromatic heterocycles. The van der Waals surface area contributed by atoms with Gasteiger partial charge in [0.05, 0.1) is 18.2 Å². The lowest BCUT2D eigenvalue weighted by Crippen LogP contribution is -2.23. The maximum Gasteiger partial charge on any atom is 0.251 e. The number of aromatic nitrogens is 1. The van der Waals surface area contributed by atoms with Crippen molar-refractivity contribution in [2.24, 2.45) is 0 Å². The van der Waals surface area contributed by atoms with Gasteiger partial charge in [-0.3, -0.25) is 9.78 Å². The van der Waals surface area contributed by atoms with Gasteiger partial charge in [-0.2, -0.15) is 0 Å². The van der Waals surface area contributed by atoms with Crippen molar-refractivity contribution in [1.82, 2.24) is 10.3 Å². The zero-order chi connectivity index (χ0) is 18.1. The molecule has 0 spiro atoms. The van der Waals surface area contributed by atoms with Crippen LogP contribution in [-0.2, 0) is 6.54 Å². The van der Waals surface area contributed by atoms with Gasteiger partial charge in [0.15, 0.2) is 11.5 Å². The number of halogens is 1. The first kappa shape index (κ1) is 19.1. The SMILES string of the molecule is CCCCOc1c(Cl)cc(C(=O)NCc2ccncc2)cc1OCC. The number of nitrogens with one attached hydrogen (secondary N) is 1. The van der Waals surface area contributed by atoms with Gasteiger partial charge in [-0.25, -0.2) is 0 Å². The Kier molecular flexibility index (Phi) is 7.54. The van der Waals surface area contributed by atoms with Crippen molar-refractivity contribution in [1.29, 1.82) is 0 Å². The first-order valence-electron chi connectivity index (χ1n) is 8.42. The second-order valence-electron chi connectivity index (χ2n) is 5.46. The molecule has 0 aliphatic carbocycles. The summed E-state index contributed by atoms with van der Waals surface area (Å²) >= 11 is 6.32. The first-order chi connectivity index (χ1) is 12.2. The highest BCUT2D eigenvalue weighted by Gasteiger charge is 2.16. The average molecular weight is 363 g/mol. The van der Waals surface area contributed by atoms with Crippen LogP contribution in [0.25, 0.3) is 0 Å². The van der Waals surface area contributed by atoms with Gasteiger partial charge in [0.25, 0.3) is 5.91 Å². The van der Waals surface area contributed by atoms with E-state index in [2.05, 4.69) is 17.2 Å². The molecule has 134 valence electrons. The molecule has 2 rings (SSSR count). The van der Waals surface area contributed by atoms with Gasteiger partial charge in [-0.05, 0) is 43.2 Å². The third kappa shape index (κ3) is 5.64. The minimum Gasteiger partial charge on any atom is -0.490 e. The standard InChI is InChI=1S/C19H23ClN2O3/c1-3-5-10-25-18-16(20)11-15(12-17(18)24-4-2)19(23)22-13-14-6-8-21-9-7-14/h6-9,11-12H,3-5,10,13H2,1-2H3,(H,22,23). The van der Waals surface area contributed by atoms with Crippen LogP contribution in [-0.4, -0.2) is 24.1 Å². The third-order valence-electron chi connectivity index (χ3n) is 3.52. The number of carbonyl (C=O) groups is 1. The number of amides is 1. The predicted octanol–water partition coefficient (Wildman–Crippen LogP) is 4.24. The Morgan fingerprint density at radius 3 is 2.64 bits per heavy atom. The molecule has 1 N–H and O–H groups in total. The number of ether oxygens (including phenoxy) is 2. The normalized spacial score (nSPS) is 10.4. The summed E-state index contributed by atoms with van der Waals surface area (Å²) < 4.78 is 11.3. The molecule has 25 heavy (non-hydrogen) atoms. The molecule has 1 aromatic carbocycles. The van der Waals surface area contributed by atoms with Crippen LogP contribution in [0.3, 0.4) is 0 Å². The molecule has 2 aromatic rings. The lowest BCUT2D eigenvalue weighted by atomic mass is 10.1. The van der Waals surface area contributed by atoms with E-state index in [1.54, 1.807) is 24.5 Å². The summed E-state index contributed by atoms with van der Waals surface area (Å²) in [5, 5.41) is 3.23. The summed E-state index contributed by atoms with van der Waals surface area (Å²) in [5.41, 5.74) is 1.41. The molecular weight excluding hydrogens is 340 g/mol. The molecular formula is C19H23ClN2O3. The number of pyridine rings is 1. The van der Waals surface area contributed by atoms with E-state index in [1.807, 2.05) is 19.1 Å². The zero-order valence-corrected chi connectivity index (χ0v) is 15.3. The molecule has 0 atom stereocenters. The van der Waals surface area contributed by atoms with Crippen LogP contribution in [0.15, 0.2) is 36.7 Å². The lowest BCUT2D eigenvalue weighted by Gasteiger charge is -2.15. The Morgan fingerprint density at radius 2 is 1.96 bits per heavy atom. The predicted molar refractivity (Wildman–Crippen MR) is 98.4 cm³/mol. The molecule has 0 fully saturated rings. The van der Waals surface area contributed by atoms with Crippen molar-refractivity contribution in [2.75, 3.05) is 13.2 Å². The van der Waals surface area contributed by atoms with Crippen molar-refractivity contribution < 1.29 is 14.3 Å². The van der Waals surface area contributed by atoms with Crippen LogP contribution in [0.1, 0.15) is 42.6 Å². The Morgan fingerprint density at radius 1 is 1.20 bits per heavy atom. The summed E-state index contributed by atoms with van der Waals surface area (Å²) in [6.45, 7) is 5.40. The largest absolute Gasteiger partial charge is 0.490 e. The van der Waals surface area contributed by atoms with Crippen LogP contribution >= 0.6 is 11.6 Å². The second kappa shape index (κ2) is 9.89. The van der Waals surface area contributed by atoms with Crippen LogP contribution in [0, 0.1) is 0 Å². The fourth-order valence-electron chi connectivity index (χ4n) is 2.21. The number of hydrogen-bond acceptors (Lipinski definition) is 4. The highest BCUT2D eigenvalue weighted by Crippen LogP contribution is 2.36. The molecule has 0 unspecified atom stereocenters. The summed E-state index contributed by atoms with van der Waals surface area (Å²) in [6.07, 6.45) is 5.33. The van der Waals surface area contributed by atoms with Gasteiger partial charge in [0.1, 0.15) is 0 Å². The van der Waals surface area contributed by atoms with Crippen molar-refractivity contribution in [3.63, 3.8) is 0 Å². The molecule has 1 amide bonds. The molecule has 0 aliphatic heterocycles. The number of benzene rings is 1. The van der Waals surface area contributed by atoms with Crippen LogP contribution in [0.2, 0.25) is 5.02 Å². The van der Waals surface area contributed by atoms with Gasteiger partial charge >= 0.3 is 0 Å². The number of carbonyl (C=O) groups excluding carboxylic acids is 1. The number of hydrogen-bond donors (Lipinski definition) is 1. The first-order valence-corrected chi connectivity index (χ1v) is 8.79. The van der Waals surface area contributed by atoms with Gasteiger partial charge in [0.2, 0.25) is 0 Å². The van der Waals surface area contributed by atoms with Crippen molar-refractivity contribution in [3.05, 3.63) is 52.8 Å². The molecule has 0 saturated heterocycles. The number of nitrogens with zero attached hydrogens (tertiary/aromatic N) is 1. The van der Waals surface area contributed by atoms with Crippen molar-refractivity contribution in [2.45, 2.75) is 33.2 Å². The third-order valence-corrected chi connectivity index (χ3v) is 3.80. The highest BCUT2D eigenvalue weighted by atomic mass is 35.5. The van der Waals surface area contributed by atoms with E-state index in [-0.39, 0.29) is 5.91 Å². The maximum absolute atomic E-state index is 12.4. The smallest absolute Gasteiger partial charge is 0.251 e. The quantitative estimate of drug-likeness (QED) is 0.678. The highest BCUT2D eigenvalue weighted by molar-refractivity contribution is 6.32. The van der Waals surface area contributed by atoms with Crippen molar-refractivity contribution in [3.8, 4) is 11.5 Å². The van der Waals surface area contributed by atoms with E-state index < -0.39 is 0 Å². The number of unbranched alkanes of at least 4 members (excludes halogenated alkanes) is 1. The van der Waals surface area contributed by atoms with Crippen LogP contribution in [0.4, 0.5) is 0 Å². The summed E-state index contributed by atoms with van der Waals surface area (Å²) in [7, 11) is 0. The Bertz CT molecular complexity index is 693. The van der Waals surface area contributed by atoms with Gasteiger partial charge in [0, 0.05) is 24.5 Å². The van der Waals surface area contributed by atoms with Crippen molar-refractivity contribution >= 4 is 17.5 Å². The minimum atomic E-state index is -0.222. The second-order valence-corrected chi connectivity index (χ2v) is 5.87. The monoisotopic (exact) mass is 362 g/mol. The molecule has 5 nitrogen and oxygen atoms in total. The van der Waals surface area contributed by atoms with E-state index in [0.717, 1.165) is 18.4 Å². The number of rotatable bonds is 9. The zero-order valence-electron chi connectivity index (χ0n) is 14.5. The Balaban J connectivity index is 2.12. The van der Waals surface area contributed by atoms with E-state index >= 15 is 0 Å². The Labute approximate surface area is 153 Å². The summed E-state index contributed by atoms with van der Waals surface area (Å²) in [5.74, 6) is 0.752. The van der Waals surface area contributed by atoms with E-state index in [0.29, 0.717) is 41.8 Å². The van der Waals surface area contributed by atoms with Crippen LogP contribution in [0.5, 0.6) is 11.5 Å². The maximum atomic E-state index is 12.4. The lowest BCUT2D eigenvalue weighted by molar-refractivity contribution is 0.0950. The topological polar surface area (TPSA) is 60.5 Å². The molecule has 0 saturated carbocycles. The average Bonchev–Trinajstić information content (AvgIpc) is 2.62. The summed E-state index contributed by atoms with van der Waals surface area (Å²) in [6, 6.07) is 6.97. The van der Waals surface area contributed by atoms with Gasteiger partial charge in [-0.1, -0.05) is 24.9 Å². The molecule has 1 heterocycles. The van der Waals surface area contributed by atoms with Gasteiger partial charge < -0.3 is 14.8 Å². The fourth-order valence-corrected chi connectivity index (χ4v) is 2.47. The molecule has 6 heteroatoms.